The first kappa shape index (κ1) is 26.4. The number of ether oxygens (including phenoxy) is 1. The Kier molecular flexibility index (Phi) is 7.42. The van der Waals surface area contributed by atoms with Crippen LogP contribution in [0.1, 0.15) is 36.5 Å². The van der Waals surface area contributed by atoms with Gasteiger partial charge in [0.05, 0.1) is 0 Å². The van der Waals surface area contributed by atoms with E-state index < -0.39 is 45.0 Å². The van der Waals surface area contributed by atoms with Crippen molar-refractivity contribution in [2.45, 2.75) is 30.7 Å². The lowest BCUT2D eigenvalue weighted by Crippen LogP contribution is -2.50. The Hall–Kier alpha value is -3.17. The molecule has 0 aliphatic heterocycles. The zero-order valence-electron chi connectivity index (χ0n) is 19.1. The van der Waals surface area contributed by atoms with Gasteiger partial charge in [0.15, 0.2) is 6.61 Å². The number of esters is 1. The van der Waals surface area contributed by atoms with E-state index in [1.54, 1.807) is 66.7 Å². The van der Waals surface area contributed by atoms with Crippen molar-refractivity contribution in [3.05, 3.63) is 108 Å². The van der Waals surface area contributed by atoms with E-state index in [2.05, 4.69) is 4.74 Å². The second-order valence-electron chi connectivity index (χ2n) is 8.69. The van der Waals surface area contributed by atoms with Crippen LogP contribution in [0.4, 0.5) is 13.2 Å². The molecule has 5 nitrogen and oxygen atoms in total. The number of carbonyl (C=O) groups is 1. The van der Waals surface area contributed by atoms with E-state index in [9.17, 15) is 22.0 Å². The minimum absolute atomic E-state index is 0.151. The fourth-order valence-corrected chi connectivity index (χ4v) is 4.47. The smallest absolute Gasteiger partial charge is 0.402 e. The highest BCUT2D eigenvalue weighted by Gasteiger charge is 2.59. The van der Waals surface area contributed by atoms with E-state index >= 15 is 4.39 Å². The summed E-state index contributed by atoms with van der Waals surface area (Å²) in [5, 5.41) is -4.80. The molecule has 0 amide bonds. The number of rotatable bonds is 9. The molecule has 9 heteroatoms. The number of carbonyl (C=O) groups excluding carboxylic acids is 1. The minimum Gasteiger partial charge on any atom is -0.455 e. The minimum atomic E-state index is -5.88. The third-order valence-corrected chi connectivity index (χ3v) is 6.95. The van der Waals surface area contributed by atoms with Gasteiger partial charge in [0.2, 0.25) is 5.67 Å². The van der Waals surface area contributed by atoms with Crippen molar-refractivity contribution in [3.8, 4) is 0 Å². The largest absolute Gasteiger partial charge is 0.455 e. The molecule has 3 rings (SSSR count). The molecule has 1 N–H and O–H groups in total. The Balaban J connectivity index is 2.17. The molecular weight excluding hydrogens is 481 g/mol. The van der Waals surface area contributed by atoms with E-state index in [1.165, 1.54) is 38.1 Å². The Morgan fingerprint density at radius 2 is 1.23 bits per heavy atom. The first-order chi connectivity index (χ1) is 16.3. The molecule has 1 atom stereocenters. The fourth-order valence-electron chi connectivity index (χ4n) is 4.26. The summed E-state index contributed by atoms with van der Waals surface area (Å²) in [4.78, 5) is 13.2. The number of hydrogen-bond donors (Lipinski definition) is 1. The van der Waals surface area contributed by atoms with Crippen LogP contribution in [0.15, 0.2) is 91.0 Å². The van der Waals surface area contributed by atoms with Crippen molar-refractivity contribution in [2.24, 2.45) is 5.41 Å². The molecule has 0 spiro atoms. The second kappa shape index (κ2) is 9.83. The predicted octanol–water partition coefficient (Wildman–Crippen LogP) is 5.73. The van der Waals surface area contributed by atoms with Gasteiger partial charge in [0, 0.05) is 16.9 Å². The van der Waals surface area contributed by atoms with Gasteiger partial charge in [-0.1, -0.05) is 105 Å². The molecule has 0 aliphatic rings. The number of halogens is 3. The van der Waals surface area contributed by atoms with Gasteiger partial charge in [-0.05, 0) is 11.1 Å². The van der Waals surface area contributed by atoms with Gasteiger partial charge in [0.25, 0.3) is 0 Å². The molecule has 0 heterocycles. The van der Waals surface area contributed by atoms with Gasteiger partial charge in [-0.25, -0.2) is 9.18 Å². The highest BCUT2D eigenvalue weighted by atomic mass is 32.2. The van der Waals surface area contributed by atoms with Gasteiger partial charge in [0.1, 0.15) is 0 Å². The van der Waals surface area contributed by atoms with Gasteiger partial charge < -0.3 is 4.74 Å². The first-order valence-electron chi connectivity index (χ1n) is 10.7. The van der Waals surface area contributed by atoms with E-state index in [0.717, 1.165) is 0 Å². The van der Waals surface area contributed by atoms with E-state index in [4.69, 9.17) is 4.55 Å². The van der Waals surface area contributed by atoms with Crippen LogP contribution < -0.4 is 0 Å². The summed E-state index contributed by atoms with van der Waals surface area (Å²) in [6, 6.07) is 24.9. The van der Waals surface area contributed by atoms with Gasteiger partial charge in [-0.2, -0.15) is 17.2 Å². The van der Waals surface area contributed by atoms with Crippen molar-refractivity contribution in [1.29, 1.82) is 0 Å². The lowest BCUT2D eigenvalue weighted by Gasteiger charge is -2.44. The Bertz CT molecular complexity index is 1210. The van der Waals surface area contributed by atoms with Gasteiger partial charge in [-0.3, -0.25) is 4.55 Å². The van der Waals surface area contributed by atoms with E-state index in [-0.39, 0.29) is 5.56 Å². The van der Waals surface area contributed by atoms with Gasteiger partial charge >= 0.3 is 21.3 Å². The summed E-state index contributed by atoms with van der Waals surface area (Å²) >= 11 is 0. The standard InChI is InChI=1S/C26H25F3O5S/c1-24(2,22(19-12-6-3-7-13-19)20-14-8-4-9-15-20)26(29,21-16-10-5-11-17-21)23(30)34-18-25(27,28)35(31,32)33/h3-17,22H,18H2,1-2H3,(H,31,32,33). The average molecular weight is 507 g/mol. The molecule has 0 aliphatic carbocycles. The summed E-state index contributed by atoms with van der Waals surface area (Å²) in [6.45, 7) is 0.917. The molecule has 186 valence electrons. The van der Waals surface area contributed by atoms with Crippen molar-refractivity contribution >= 4 is 16.1 Å². The second-order valence-corrected chi connectivity index (χ2v) is 10.2. The highest BCUT2D eigenvalue weighted by Crippen LogP contribution is 2.55. The maximum atomic E-state index is 17.3. The van der Waals surface area contributed by atoms with Crippen LogP contribution >= 0.6 is 0 Å². The van der Waals surface area contributed by atoms with Crippen LogP contribution in [0, 0.1) is 5.41 Å². The van der Waals surface area contributed by atoms with Gasteiger partial charge in [-0.15, -0.1) is 0 Å². The van der Waals surface area contributed by atoms with Crippen molar-refractivity contribution in [3.63, 3.8) is 0 Å². The molecule has 0 fully saturated rings. The average Bonchev–Trinajstić information content (AvgIpc) is 2.83. The SMILES string of the molecule is CC(C)(C(c1ccccc1)c1ccccc1)C(F)(C(=O)OCC(F)(F)S(=O)(=O)O)c1ccccc1. The van der Waals surface area contributed by atoms with Crippen LogP contribution in [-0.2, 0) is 25.3 Å². The number of hydrogen-bond acceptors (Lipinski definition) is 4. The van der Waals surface area contributed by atoms with Crippen LogP contribution in [0.5, 0.6) is 0 Å². The fraction of sp³-hybridized carbons (Fsp3) is 0.269. The molecule has 3 aromatic carbocycles. The van der Waals surface area contributed by atoms with E-state index in [0.29, 0.717) is 11.1 Å². The molecule has 0 saturated carbocycles. The van der Waals surface area contributed by atoms with Crippen LogP contribution in [0.2, 0.25) is 0 Å². The predicted molar refractivity (Wildman–Crippen MR) is 125 cm³/mol. The molecule has 0 saturated heterocycles. The molecule has 3 aromatic rings. The van der Waals surface area contributed by atoms with Crippen LogP contribution in [-0.4, -0.2) is 30.8 Å². The third kappa shape index (κ3) is 5.11. The van der Waals surface area contributed by atoms with Crippen molar-refractivity contribution < 1.29 is 35.7 Å². The lowest BCUT2D eigenvalue weighted by molar-refractivity contribution is -0.175. The maximum Gasteiger partial charge on any atom is 0.402 e. The molecule has 0 radical (unpaired) electrons. The van der Waals surface area contributed by atoms with Crippen molar-refractivity contribution in [1.82, 2.24) is 0 Å². The van der Waals surface area contributed by atoms with Crippen LogP contribution in [0.25, 0.3) is 0 Å². The summed E-state index contributed by atoms with van der Waals surface area (Å²) in [5.41, 5.74) is -3.46. The quantitative estimate of drug-likeness (QED) is 0.296. The normalized spacial score (nSPS) is 14.4. The molecule has 1 unspecified atom stereocenters. The summed E-state index contributed by atoms with van der Waals surface area (Å²) in [6.07, 6.45) is 0. The molecule has 0 bridgehead atoms. The third-order valence-electron chi connectivity index (χ3n) is 6.08. The lowest BCUT2D eigenvalue weighted by atomic mass is 9.61. The zero-order chi connectivity index (χ0) is 25.9. The molecular formula is C26H25F3O5S. The Morgan fingerprint density at radius 3 is 1.63 bits per heavy atom. The number of benzene rings is 3. The van der Waals surface area contributed by atoms with E-state index in [1.807, 2.05) is 0 Å². The molecule has 35 heavy (non-hydrogen) atoms. The summed E-state index contributed by atoms with van der Waals surface area (Å²) in [5.74, 6) is -2.45. The Morgan fingerprint density at radius 1 is 0.829 bits per heavy atom. The highest BCUT2D eigenvalue weighted by molar-refractivity contribution is 7.86. The Labute approximate surface area is 202 Å². The maximum absolute atomic E-state index is 17.3. The monoisotopic (exact) mass is 506 g/mol. The zero-order valence-corrected chi connectivity index (χ0v) is 19.9. The first-order valence-corrected chi connectivity index (χ1v) is 12.1. The summed E-state index contributed by atoms with van der Waals surface area (Å²) < 4.78 is 80.2. The molecule has 0 aromatic heterocycles. The summed E-state index contributed by atoms with van der Waals surface area (Å²) in [7, 11) is -5.88. The van der Waals surface area contributed by atoms with Crippen molar-refractivity contribution in [2.75, 3.05) is 6.61 Å². The van der Waals surface area contributed by atoms with Crippen LogP contribution in [0.3, 0.4) is 0 Å². The topological polar surface area (TPSA) is 80.7 Å². The number of alkyl halides is 3.